The fourth-order valence-corrected chi connectivity index (χ4v) is 3.46. The second kappa shape index (κ2) is 12.1. The van der Waals surface area contributed by atoms with Crippen LogP contribution >= 0.6 is 0 Å². The normalized spacial score (nSPS) is 12.1. The van der Waals surface area contributed by atoms with Crippen molar-refractivity contribution >= 4 is 22.8 Å². The van der Waals surface area contributed by atoms with Crippen molar-refractivity contribution in [1.82, 2.24) is 15.3 Å². The Morgan fingerprint density at radius 3 is 2.53 bits per heavy atom. The summed E-state index contributed by atoms with van der Waals surface area (Å²) in [5.41, 5.74) is 8.33. The summed E-state index contributed by atoms with van der Waals surface area (Å²) in [6, 6.07) is 3.05. The standard InChI is InChI=1S/C24H29F2N5O3/c1-32-7-6-28-4-5-29-12-17(11-27)15-8-18-16(14-31-24(18)30-13-15)9-19-22(25)20(33-2)10-21(34-3)23(19)26/h8,10-14,28H,4-7,9,27H2,1-3H3,(H,30,31). The molecular weight excluding hydrogens is 444 g/mol. The van der Waals surface area contributed by atoms with E-state index < -0.39 is 11.6 Å². The van der Waals surface area contributed by atoms with Crippen molar-refractivity contribution in [2.24, 2.45) is 10.7 Å². The van der Waals surface area contributed by atoms with Gasteiger partial charge in [-0.2, -0.15) is 0 Å². The first kappa shape index (κ1) is 25.1. The monoisotopic (exact) mass is 473 g/mol. The molecule has 0 amide bonds. The highest BCUT2D eigenvalue weighted by atomic mass is 19.1. The van der Waals surface area contributed by atoms with Crippen molar-refractivity contribution in [3.05, 3.63) is 59.1 Å². The Balaban J connectivity index is 1.85. The predicted molar refractivity (Wildman–Crippen MR) is 129 cm³/mol. The van der Waals surface area contributed by atoms with Crippen molar-refractivity contribution in [3.8, 4) is 11.5 Å². The summed E-state index contributed by atoms with van der Waals surface area (Å²) in [6.07, 6.45) is 6.44. The summed E-state index contributed by atoms with van der Waals surface area (Å²) in [7, 11) is 4.29. The molecule has 8 nitrogen and oxygen atoms in total. The average Bonchev–Trinajstić information content (AvgIpc) is 3.25. The first-order valence-corrected chi connectivity index (χ1v) is 10.7. The molecule has 0 saturated heterocycles. The van der Waals surface area contributed by atoms with E-state index >= 15 is 0 Å². The van der Waals surface area contributed by atoms with E-state index in [0.717, 1.165) is 12.1 Å². The van der Waals surface area contributed by atoms with Crippen LogP contribution in [0, 0.1) is 11.6 Å². The molecule has 0 unspecified atom stereocenters. The predicted octanol–water partition coefficient (Wildman–Crippen LogP) is 3.06. The van der Waals surface area contributed by atoms with Gasteiger partial charge in [0.1, 0.15) is 5.65 Å². The highest BCUT2D eigenvalue weighted by Crippen LogP contribution is 2.34. The number of fused-ring (bicyclic) bond motifs is 1. The molecule has 182 valence electrons. The minimum atomic E-state index is -0.770. The second-order valence-electron chi connectivity index (χ2n) is 7.40. The van der Waals surface area contributed by atoms with Gasteiger partial charge in [-0.3, -0.25) is 4.99 Å². The Kier molecular flexibility index (Phi) is 8.94. The lowest BCUT2D eigenvalue weighted by atomic mass is 10.0. The number of hydrogen-bond acceptors (Lipinski definition) is 7. The van der Waals surface area contributed by atoms with Crippen molar-refractivity contribution < 1.29 is 23.0 Å². The number of aromatic nitrogens is 2. The van der Waals surface area contributed by atoms with E-state index in [1.54, 1.807) is 25.7 Å². The van der Waals surface area contributed by atoms with Gasteiger partial charge in [0.05, 0.1) is 27.4 Å². The molecule has 10 heteroatoms. The molecule has 2 heterocycles. The molecule has 3 aromatic rings. The number of halogens is 2. The van der Waals surface area contributed by atoms with Crippen LogP contribution in [-0.4, -0.2) is 63.8 Å². The minimum Gasteiger partial charge on any atom is -0.494 e. The molecular formula is C24H29F2N5O3. The van der Waals surface area contributed by atoms with Crippen LogP contribution in [0.2, 0.25) is 0 Å². The van der Waals surface area contributed by atoms with E-state index in [4.69, 9.17) is 19.9 Å². The van der Waals surface area contributed by atoms with Gasteiger partial charge in [0.2, 0.25) is 0 Å². The van der Waals surface area contributed by atoms with Crippen molar-refractivity contribution in [3.63, 3.8) is 0 Å². The van der Waals surface area contributed by atoms with E-state index in [9.17, 15) is 8.78 Å². The Labute approximate surface area is 196 Å². The summed E-state index contributed by atoms with van der Waals surface area (Å²) in [5, 5.41) is 3.92. The average molecular weight is 474 g/mol. The molecule has 0 spiro atoms. The molecule has 2 aromatic heterocycles. The van der Waals surface area contributed by atoms with Gasteiger partial charge < -0.3 is 30.2 Å². The van der Waals surface area contributed by atoms with Gasteiger partial charge in [-0.05, 0) is 11.6 Å². The van der Waals surface area contributed by atoms with Gasteiger partial charge in [0.25, 0.3) is 0 Å². The molecule has 0 aliphatic heterocycles. The smallest absolute Gasteiger partial charge is 0.171 e. The number of rotatable bonds is 12. The number of allylic oxidation sites excluding steroid dienone is 1. The van der Waals surface area contributed by atoms with Crippen LogP contribution < -0.4 is 20.5 Å². The molecule has 0 radical (unpaired) electrons. The number of ether oxygens (including phenoxy) is 3. The number of aromatic amines is 1. The SMILES string of the molecule is COCCNCCN=CC(=CN)c1cnc2[nH]cc(Cc3c(F)c(OC)cc(OC)c3F)c2c1. The number of aliphatic imine (C=N–C) groups is 1. The first-order valence-electron chi connectivity index (χ1n) is 10.7. The molecule has 0 fully saturated rings. The van der Waals surface area contributed by atoms with Crippen LogP contribution in [0.5, 0.6) is 11.5 Å². The lowest BCUT2D eigenvalue weighted by Crippen LogP contribution is -2.22. The number of nitrogens with one attached hydrogen (secondary N) is 2. The molecule has 4 N–H and O–H groups in total. The molecule has 0 bridgehead atoms. The minimum absolute atomic E-state index is 0.0285. The molecule has 34 heavy (non-hydrogen) atoms. The van der Waals surface area contributed by atoms with E-state index in [1.807, 2.05) is 6.07 Å². The summed E-state index contributed by atoms with van der Waals surface area (Å²) >= 11 is 0. The Morgan fingerprint density at radius 2 is 1.88 bits per heavy atom. The molecule has 1 aromatic carbocycles. The fourth-order valence-electron chi connectivity index (χ4n) is 3.46. The van der Waals surface area contributed by atoms with E-state index in [1.165, 1.54) is 26.5 Å². The highest BCUT2D eigenvalue weighted by molar-refractivity contribution is 6.10. The Hall–Kier alpha value is -3.50. The molecule has 3 rings (SSSR count). The zero-order valence-electron chi connectivity index (χ0n) is 19.5. The van der Waals surface area contributed by atoms with Crippen molar-refractivity contribution in [2.45, 2.75) is 6.42 Å². The summed E-state index contributed by atoms with van der Waals surface area (Å²) < 4.78 is 44.8. The first-order chi connectivity index (χ1) is 16.5. The van der Waals surface area contributed by atoms with Gasteiger partial charge >= 0.3 is 0 Å². The number of pyridine rings is 1. The summed E-state index contributed by atoms with van der Waals surface area (Å²) in [5.74, 6) is -1.72. The lowest BCUT2D eigenvalue weighted by Gasteiger charge is -2.12. The van der Waals surface area contributed by atoms with Crippen molar-refractivity contribution in [2.75, 3.05) is 47.6 Å². The van der Waals surface area contributed by atoms with Gasteiger partial charge in [0.15, 0.2) is 23.1 Å². The van der Waals surface area contributed by atoms with E-state index in [2.05, 4.69) is 20.3 Å². The summed E-state index contributed by atoms with van der Waals surface area (Å²) in [6.45, 7) is 2.67. The Bertz CT molecular complexity index is 1150. The Morgan fingerprint density at radius 1 is 1.15 bits per heavy atom. The van der Waals surface area contributed by atoms with Crippen LogP contribution in [0.3, 0.4) is 0 Å². The van der Waals surface area contributed by atoms with Crippen LogP contribution in [0.25, 0.3) is 16.6 Å². The maximum absolute atomic E-state index is 14.9. The van der Waals surface area contributed by atoms with Crippen molar-refractivity contribution in [1.29, 1.82) is 0 Å². The topological polar surface area (TPSA) is 107 Å². The molecule has 0 saturated carbocycles. The number of benzene rings is 1. The van der Waals surface area contributed by atoms with E-state index in [-0.39, 0.29) is 23.5 Å². The lowest BCUT2D eigenvalue weighted by molar-refractivity contribution is 0.200. The number of nitrogens with zero attached hydrogens (tertiary/aromatic N) is 2. The molecule has 0 aliphatic rings. The third-order valence-corrected chi connectivity index (χ3v) is 5.29. The van der Waals surface area contributed by atoms with E-state index in [0.29, 0.717) is 41.9 Å². The highest BCUT2D eigenvalue weighted by Gasteiger charge is 2.21. The quantitative estimate of drug-likeness (QED) is 0.276. The zero-order chi connectivity index (χ0) is 24.5. The fraction of sp³-hybridized carbons (Fsp3) is 0.333. The van der Waals surface area contributed by atoms with Gasteiger partial charge in [-0.25, -0.2) is 13.8 Å². The number of nitrogens with two attached hydrogens (primary N) is 1. The summed E-state index contributed by atoms with van der Waals surface area (Å²) in [4.78, 5) is 11.9. The largest absolute Gasteiger partial charge is 0.494 e. The number of methoxy groups -OCH3 is 3. The molecule has 0 atom stereocenters. The number of hydrogen-bond donors (Lipinski definition) is 3. The number of H-pyrrole nitrogens is 1. The van der Waals surface area contributed by atoms with Crippen LogP contribution in [-0.2, 0) is 11.2 Å². The molecule has 0 aliphatic carbocycles. The van der Waals surface area contributed by atoms with Crippen LogP contribution in [0.1, 0.15) is 16.7 Å². The van der Waals surface area contributed by atoms with Gasteiger partial charge in [0, 0.05) is 79.6 Å². The third-order valence-electron chi connectivity index (χ3n) is 5.29. The maximum atomic E-state index is 14.9. The second-order valence-corrected chi connectivity index (χ2v) is 7.40. The third kappa shape index (κ3) is 5.70. The van der Waals surface area contributed by atoms with Gasteiger partial charge in [-0.1, -0.05) is 0 Å². The van der Waals surface area contributed by atoms with Gasteiger partial charge in [-0.15, -0.1) is 0 Å². The maximum Gasteiger partial charge on any atom is 0.171 e. The zero-order valence-corrected chi connectivity index (χ0v) is 19.5. The van der Waals surface area contributed by atoms with Crippen LogP contribution in [0.15, 0.2) is 35.7 Å². The van der Waals surface area contributed by atoms with Crippen LogP contribution in [0.4, 0.5) is 8.78 Å².